The van der Waals surface area contributed by atoms with Crippen molar-refractivity contribution in [3.8, 4) is 17.2 Å². The average molecular weight is 252 g/mol. The van der Waals surface area contributed by atoms with Crippen molar-refractivity contribution in [2.24, 2.45) is 5.92 Å². The summed E-state index contributed by atoms with van der Waals surface area (Å²) in [4.78, 5) is 0. The molecule has 4 heteroatoms. The molecule has 0 amide bonds. The summed E-state index contributed by atoms with van der Waals surface area (Å²) >= 11 is 0. The van der Waals surface area contributed by atoms with Crippen molar-refractivity contribution in [3.63, 3.8) is 0 Å². The molecule has 1 aliphatic carbocycles. The van der Waals surface area contributed by atoms with E-state index in [2.05, 4.69) is 0 Å². The van der Waals surface area contributed by atoms with Gasteiger partial charge in [-0.2, -0.15) is 0 Å². The third-order valence-electron chi connectivity index (χ3n) is 3.62. The minimum atomic E-state index is -0.451. The van der Waals surface area contributed by atoms with Crippen LogP contribution in [0.15, 0.2) is 12.1 Å². The van der Waals surface area contributed by atoms with Gasteiger partial charge in [0.05, 0.1) is 27.4 Å². The van der Waals surface area contributed by atoms with E-state index in [1.165, 1.54) is 6.42 Å². The van der Waals surface area contributed by atoms with Gasteiger partial charge in [-0.1, -0.05) is 6.42 Å². The fraction of sp³-hybridized carbons (Fsp3) is 0.571. The Balaban J connectivity index is 2.35. The molecule has 100 valence electrons. The number of methoxy groups -OCH3 is 3. The van der Waals surface area contributed by atoms with Gasteiger partial charge in [-0.15, -0.1) is 0 Å². The molecule has 1 N–H and O–H groups in total. The number of aliphatic hydroxyl groups is 1. The maximum absolute atomic E-state index is 10.3. The molecule has 1 unspecified atom stereocenters. The van der Waals surface area contributed by atoms with E-state index >= 15 is 0 Å². The van der Waals surface area contributed by atoms with Crippen LogP contribution < -0.4 is 14.2 Å². The van der Waals surface area contributed by atoms with Crippen molar-refractivity contribution in [1.82, 2.24) is 0 Å². The molecule has 1 saturated carbocycles. The molecular weight excluding hydrogens is 232 g/mol. The second kappa shape index (κ2) is 5.48. The van der Waals surface area contributed by atoms with Crippen LogP contribution in [-0.4, -0.2) is 26.4 Å². The predicted molar refractivity (Wildman–Crippen MR) is 68.4 cm³/mol. The van der Waals surface area contributed by atoms with Crippen molar-refractivity contribution in [3.05, 3.63) is 17.7 Å². The van der Waals surface area contributed by atoms with Crippen LogP contribution in [0.2, 0.25) is 0 Å². The summed E-state index contributed by atoms with van der Waals surface area (Å²) in [7, 11) is 4.73. The number of benzene rings is 1. The zero-order valence-corrected chi connectivity index (χ0v) is 11.1. The second-order valence-corrected chi connectivity index (χ2v) is 4.59. The van der Waals surface area contributed by atoms with Crippen LogP contribution in [-0.2, 0) is 0 Å². The first-order chi connectivity index (χ1) is 8.71. The molecule has 0 radical (unpaired) electrons. The minimum Gasteiger partial charge on any atom is -0.493 e. The van der Waals surface area contributed by atoms with E-state index in [0.717, 1.165) is 18.4 Å². The van der Waals surface area contributed by atoms with Gasteiger partial charge >= 0.3 is 0 Å². The van der Waals surface area contributed by atoms with Gasteiger partial charge in [-0.25, -0.2) is 0 Å². The van der Waals surface area contributed by atoms with Crippen LogP contribution in [0.4, 0.5) is 0 Å². The third-order valence-corrected chi connectivity index (χ3v) is 3.62. The summed E-state index contributed by atoms with van der Waals surface area (Å²) < 4.78 is 15.8. The van der Waals surface area contributed by atoms with Gasteiger partial charge in [-0.3, -0.25) is 0 Å². The molecule has 0 heterocycles. The average Bonchev–Trinajstić information content (AvgIpc) is 2.34. The van der Waals surface area contributed by atoms with Crippen molar-refractivity contribution in [1.29, 1.82) is 0 Å². The lowest BCUT2D eigenvalue weighted by Crippen LogP contribution is -2.20. The third kappa shape index (κ3) is 2.25. The minimum absolute atomic E-state index is 0.354. The Labute approximate surface area is 107 Å². The maximum Gasteiger partial charge on any atom is 0.203 e. The first-order valence-corrected chi connectivity index (χ1v) is 6.19. The van der Waals surface area contributed by atoms with Gasteiger partial charge in [0.15, 0.2) is 11.5 Å². The van der Waals surface area contributed by atoms with Crippen LogP contribution in [0.5, 0.6) is 17.2 Å². The van der Waals surface area contributed by atoms with E-state index in [-0.39, 0.29) is 0 Å². The predicted octanol–water partition coefficient (Wildman–Crippen LogP) is 2.55. The largest absolute Gasteiger partial charge is 0.493 e. The standard InChI is InChI=1S/C14H20O4/c1-16-11-7-10(13(15)9-5-4-6-9)8-12(17-2)14(11)18-3/h7-9,13,15H,4-6H2,1-3H3. The summed E-state index contributed by atoms with van der Waals surface area (Å²) in [6, 6.07) is 3.65. The van der Waals surface area contributed by atoms with E-state index in [0.29, 0.717) is 23.2 Å². The van der Waals surface area contributed by atoms with Gasteiger partial charge < -0.3 is 19.3 Å². The molecule has 2 rings (SSSR count). The van der Waals surface area contributed by atoms with Gasteiger partial charge in [0.25, 0.3) is 0 Å². The Morgan fingerprint density at radius 3 is 1.94 bits per heavy atom. The molecule has 18 heavy (non-hydrogen) atoms. The van der Waals surface area contributed by atoms with Crippen LogP contribution in [0.25, 0.3) is 0 Å². The number of hydrogen-bond acceptors (Lipinski definition) is 4. The lowest BCUT2D eigenvalue weighted by atomic mass is 9.79. The monoisotopic (exact) mass is 252 g/mol. The molecule has 0 aliphatic heterocycles. The van der Waals surface area contributed by atoms with Crippen LogP contribution in [0.3, 0.4) is 0 Å². The number of hydrogen-bond donors (Lipinski definition) is 1. The highest BCUT2D eigenvalue weighted by Gasteiger charge is 2.28. The van der Waals surface area contributed by atoms with Crippen molar-refractivity contribution < 1.29 is 19.3 Å². The highest BCUT2D eigenvalue weighted by atomic mass is 16.5. The van der Waals surface area contributed by atoms with Crippen molar-refractivity contribution in [2.45, 2.75) is 25.4 Å². The van der Waals surface area contributed by atoms with E-state index in [1.54, 1.807) is 21.3 Å². The molecule has 1 aliphatic rings. The molecule has 0 bridgehead atoms. The number of ether oxygens (including phenoxy) is 3. The molecule has 0 spiro atoms. The molecule has 1 aromatic rings. The lowest BCUT2D eigenvalue weighted by Gasteiger charge is -2.31. The molecule has 0 aromatic heterocycles. The fourth-order valence-electron chi connectivity index (χ4n) is 2.30. The maximum atomic E-state index is 10.3. The Kier molecular flexibility index (Phi) is 3.97. The zero-order chi connectivity index (χ0) is 13.1. The summed E-state index contributed by atoms with van der Waals surface area (Å²) in [6.45, 7) is 0. The Hall–Kier alpha value is -1.42. The normalized spacial score (nSPS) is 16.9. The van der Waals surface area contributed by atoms with Crippen molar-refractivity contribution in [2.75, 3.05) is 21.3 Å². The first-order valence-electron chi connectivity index (χ1n) is 6.19. The highest BCUT2D eigenvalue weighted by molar-refractivity contribution is 5.54. The smallest absolute Gasteiger partial charge is 0.203 e. The number of rotatable bonds is 5. The van der Waals surface area contributed by atoms with Crippen molar-refractivity contribution >= 4 is 0 Å². The summed E-state index contributed by atoms with van der Waals surface area (Å²) in [5.74, 6) is 2.09. The quantitative estimate of drug-likeness (QED) is 0.875. The Morgan fingerprint density at radius 2 is 1.61 bits per heavy atom. The molecule has 4 nitrogen and oxygen atoms in total. The molecule has 1 atom stereocenters. The van der Waals surface area contributed by atoms with Gasteiger partial charge in [0.2, 0.25) is 5.75 Å². The highest BCUT2D eigenvalue weighted by Crippen LogP contribution is 2.44. The number of aliphatic hydroxyl groups excluding tert-OH is 1. The molecular formula is C14H20O4. The topological polar surface area (TPSA) is 47.9 Å². The van der Waals surface area contributed by atoms with E-state index in [9.17, 15) is 5.11 Å². The molecule has 1 fully saturated rings. The van der Waals surface area contributed by atoms with E-state index in [4.69, 9.17) is 14.2 Å². The van der Waals surface area contributed by atoms with Gasteiger partial charge in [-0.05, 0) is 36.5 Å². The summed E-state index contributed by atoms with van der Waals surface area (Å²) in [5.41, 5.74) is 0.828. The second-order valence-electron chi connectivity index (χ2n) is 4.59. The van der Waals surface area contributed by atoms with E-state index < -0.39 is 6.10 Å². The van der Waals surface area contributed by atoms with Crippen LogP contribution in [0, 0.1) is 5.92 Å². The zero-order valence-electron chi connectivity index (χ0n) is 11.1. The SMILES string of the molecule is COc1cc(C(O)C2CCC2)cc(OC)c1OC. The molecule has 1 aromatic carbocycles. The van der Waals surface area contributed by atoms with Crippen LogP contribution >= 0.6 is 0 Å². The summed E-state index contributed by atoms with van der Waals surface area (Å²) in [5, 5.41) is 10.3. The lowest BCUT2D eigenvalue weighted by molar-refractivity contribution is 0.0616. The van der Waals surface area contributed by atoms with Gasteiger partial charge in [0, 0.05) is 0 Å². The first kappa shape index (κ1) is 13.0. The van der Waals surface area contributed by atoms with Gasteiger partial charge in [0.1, 0.15) is 0 Å². The van der Waals surface area contributed by atoms with E-state index in [1.807, 2.05) is 12.1 Å². The Morgan fingerprint density at radius 1 is 1.06 bits per heavy atom. The summed E-state index contributed by atoms with van der Waals surface area (Å²) in [6.07, 6.45) is 2.91. The molecule has 0 saturated heterocycles. The van der Waals surface area contributed by atoms with Crippen LogP contribution in [0.1, 0.15) is 30.9 Å². The fourth-order valence-corrected chi connectivity index (χ4v) is 2.30. The Bertz CT molecular complexity index is 387.